The predicted octanol–water partition coefficient (Wildman–Crippen LogP) is 3.03. The fourth-order valence-electron chi connectivity index (χ4n) is 5.47. The van der Waals surface area contributed by atoms with Gasteiger partial charge in [0.15, 0.2) is 0 Å². The molecule has 3 rings (SSSR count). The first kappa shape index (κ1) is 10.6. The zero-order valence-electron chi connectivity index (χ0n) is 10.2. The monoisotopic (exact) mass is 222 g/mol. The van der Waals surface area contributed by atoms with Crippen LogP contribution in [0, 0.1) is 41.4 Å². The fourth-order valence-corrected chi connectivity index (χ4v) is 5.47. The van der Waals surface area contributed by atoms with Crippen LogP contribution >= 0.6 is 0 Å². The second-order valence-electron chi connectivity index (χ2n) is 6.38. The lowest BCUT2D eigenvalue weighted by atomic mass is 9.71. The van der Waals surface area contributed by atoms with Crippen LogP contribution in [0.3, 0.4) is 0 Å². The fraction of sp³-hybridized carbons (Fsp3) is 0.929. The smallest absolute Gasteiger partial charge is 0.306 e. The molecular formula is C14H22O2. The molecule has 1 N–H and O–H groups in total. The van der Waals surface area contributed by atoms with E-state index in [1.54, 1.807) is 0 Å². The van der Waals surface area contributed by atoms with Gasteiger partial charge in [-0.1, -0.05) is 20.3 Å². The highest BCUT2D eigenvalue weighted by Crippen LogP contribution is 2.64. The zero-order chi connectivity index (χ0) is 11.4. The minimum Gasteiger partial charge on any atom is -0.481 e. The molecule has 7 unspecified atom stereocenters. The van der Waals surface area contributed by atoms with E-state index in [0.29, 0.717) is 5.92 Å². The van der Waals surface area contributed by atoms with Crippen molar-refractivity contribution in [1.29, 1.82) is 0 Å². The van der Waals surface area contributed by atoms with Crippen LogP contribution in [0.1, 0.15) is 39.5 Å². The van der Waals surface area contributed by atoms with Gasteiger partial charge in [-0.3, -0.25) is 4.79 Å². The van der Waals surface area contributed by atoms with E-state index in [2.05, 4.69) is 13.8 Å². The standard InChI is InChI=1S/C14H22O2/c1-3-8-4-7(2)12-9-5-10(13(8)12)11(6-9)14(15)16/h7-13H,3-6H2,1-2H3,(H,15,16). The van der Waals surface area contributed by atoms with E-state index in [0.717, 1.165) is 36.0 Å². The normalized spacial score (nSPS) is 54.2. The molecule has 0 aromatic carbocycles. The van der Waals surface area contributed by atoms with Crippen LogP contribution in [0.4, 0.5) is 0 Å². The molecule has 0 spiro atoms. The van der Waals surface area contributed by atoms with Gasteiger partial charge in [0.1, 0.15) is 0 Å². The number of carbonyl (C=O) groups is 1. The van der Waals surface area contributed by atoms with E-state index in [1.807, 2.05) is 0 Å². The average molecular weight is 222 g/mol. The van der Waals surface area contributed by atoms with E-state index in [9.17, 15) is 9.90 Å². The van der Waals surface area contributed by atoms with Gasteiger partial charge in [0.2, 0.25) is 0 Å². The lowest BCUT2D eigenvalue weighted by Gasteiger charge is -2.33. The third-order valence-electron chi connectivity index (χ3n) is 5.85. The average Bonchev–Trinajstić information content (AvgIpc) is 2.88. The largest absolute Gasteiger partial charge is 0.481 e. The summed E-state index contributed by atoms with van der Waals surface area (Å²) in [5.74, 6) is 4.00. The lowest BCUT2D eigenvalue weighted by Crippen LogP contribution is -2.33. The van der Waals surface area contributed by atoms with Gasteiger partial charge in [-0.05, 0) is 54.8 Å². The molecular weight excluding hydrogens is 200 g/mol. The topological polar surface area (TPSA) is 37.3 Å². The highest BCUT2D eigenvalue weighted by Gasteiger charge is 2.60. The Labute approximate surface area is 97.4 Å². The van der Waals surface area contributed by atoms with Crippen LogP contribution in [-0.4, -0.2) is 11.1 Å². The summed E-state index contributed by atoms with van der Waals surface area (Å²) in [5, 5.41) is 9.28. The number of hydrogen-bond donors (Lipinski definition) is 1. The van der Waals surface area contributed by atoms with Crippen LogP contribution in [0.5, 0.6) is 0 Å². The maximum atomic E-state index is 11.3. The first-order valence-electron chi connectivity index (χ1n) is 6.86. The third kappa shape index (κ3) is 1.22. The summed E-state index contributed by atoms with van der Waals surface area (Å²) in [7, 11) is 0. The van der Waals surface area contributed by atoms with E-state index < -0.39 is 5.97 Å². The molecule has 2 bridgehead atoms. The Kier molecular flexibility index (Phi) is 2.31. The molecule has 0 aromatic rings. The van der Waals surface area contributed by atoms with Gasteiger partial charge < -0.3 is 5.11 Å². The molecule has 90 valence electrons. The summed E-state index contributed by atoms with van der Waals surface area (Å²) < 4.78 is 0. The van der Waals surface area contributed by atoms with Crippen LogP contribution in [0.15, 0.2) is 0 Å². The minimum absolute atomic E-state index is 0.00870. The summed E-state index contributed by atoms with van der Waals surface area (Å²) in [5.41, 5.74) is 0. The molecule has 0 aliphatic heterocycles. The van der Waals surface area contributed by atoms with Gasteiger partial charge in [-0.2, -0.15) is 0 Å². The molecule has 0 heterocycles. The van der Waals surface area contributed by atoms with Crippen molar-refractivity contribution >= 4 is 5.97 Å². The van der Waals surface area contributed by atoms with Crippen LogP contribution in [0.2, 0.25) is 0 Å². The first-order valence-corrected chi connectivity index (χ1v) is 6.86. The number of hydrogen-bond acceptors (Lipinski definition) is 1. The molecule has 3 aliphatic carbocycles. The Bertz CT molecular complexity index is 312. The van der Waals surface area contributed by atoms with Crippen LogP contribution in [-0.2, 0) is 4.79 Å². The van der Waals surface area contributed by atoms with Gasteiger partial charge in [-0.25, -0.2) is 0 Å². The minimum atomic E-state index is -0.527. The Balaban J connectivity index is 1.87. The molecule has 3 fully saturated rings. The molecule has 7 atom stereocenters. The first-order chi connectivity index (χ1) is 7.63. The number of aliphatic carboxylic acids is 1. The molecule has 0 saturated heterocycles. The number of fused-ring (bicyclic) bond motifs is 5. The summed E-state index contributed by atoms with van der Waals surface area (Å²) >= 11 is 0. The lowest BCUT2D eigenvalue weighted by molar-refractivity contribution is -0.145. The molecule has 3 saturated carbocycles. The van der Waals surface area contributed by atoms with Gasteiger partial charge >= 0.3 is 5.97 Å². The number of carboxylic acid groups (broad SMARTS) is 1. The van der Waals surface area contributed by atoms with Crippen molar-refractivity contribution in [3.8, 4) is 0 Å². The highest BCUT2D eigenvalue weighted by atomic mass is 16.4. The van der Waals surface area contributed by atoms with Crippen molar-refractivity contribution in [1.82, 2.24) is 0 Å². The van der Waals surface area contributed by atoms with Crippen molar-refractivity contribution in [2.75, 3.05) is 0 Å². The summed E-state index contributed by atoms with van der Waals surface area (Å²) in [6.45, 7) is 4.67. The maximum Gasteiger partial charge on any atom is 0.306 e. The van der Waals surface area contributed by atoms with Gasteiger partial charge in [-0.15, -0.1) is 0 Å². The SMILES string of the molecule is CCC1CC(C)C2C3CC(C(=O)O)C(C3)C12. The predicted molar refractivity (Wildman–Crippen MR) is 61.9 cm³/mol. The van der Waals surface area contributed by atoms with Crippen molar-refractivity contribution in [3.05, 3.63) is 0 Å². The Morgan fingerprint density at radius 1 is 1.25 bits per heavy atom. The van der Waals surface area contributed by atoms with Crippen molar-refractivity contribution in [3.63, 3.8) is 0 Å². The summed E-state index contributed by atoms with van der Waals surface area (Å²) in [4.78, 5) is 11.3. The number of rotatable bonds is 2. The number of carboxylic acids is 1. The maximum absolute atomic E-state index is 11.3. The van der Waals surface area contributed by atoms with Crippen molar-refractivity contribution < 1.29 is 9.90 Å². The van der Waals surface area contributed by atoms with Crippen LogP contribution in [0.25, 0.3) is 0 Å². The summed E-state index contributed by atoms with van der Waals surface area (Å²) in [6.07, 6.45) is 4.79. The molecule has 3 aliphatic rings. The quantitative estimate of drug-likeness (QED) is 0.779. The van der Waals surface area contributed by atoms with E-state index in [4.69, 9.17) is 0 Å². The molecule has 0 amide bonds. The van der Waals surface area contributed by atoms with Crippen molar-refractivity contribution in [2.24, 2.45) is 41.4 Å². The Hall–Kier alpha value is -0.530. The highest BCUT2D eigenvalue weighted by molar-refractivity contribution is 5.71. The van der Waals surface area contributed by atoms with Gasteiger partial charge in [0.25, 0.3) is 0 Å². The zero-order valence-corrected chi connectivity index (χ0v) is 10.2. The molecule has 0 radical (unpaired) electrons. The Morgan fingerprint density at radius 2 is 2.00 bits per heavy atom. The van der Waals surface area contributed by atoms with E-state index in [-0.39, 0.29) is 5.92 Å². The molecule has 0 aromatic heterocycles. The van der Waals surface area contributed by atoms with E-state index >= 15 is 0 Å². The van der Waals surface area contributed by atoms with E-state index in [1.165, 1.54) is 19.3 Å². The Morgan fingerprint density at radius 3 is 2.62 bits per heavy atom. The summed E-state index contributed by atoms with van der Waals surface area (Å²) in [6, 6.07) is 0. The second-order valence-corrected chi connectivity index (χ2v) is 6.38. The van der Waals surface area contributed by atoms with Gasteiger partial charge in [0, 0.05) is 0 Å². The van der Waals surface area contributed by atoms with Crippen LogP contribution < -0.4 is 0 Å². The molecule has 16 heavy (non-hydrogen) atoms. The third-order valence-corrected chi connectivity index (χ3v) is 5.85. The molecule has 2 nitrogen and oxygen atoms in total. The second kappa shape index (κ2) is 3.48. The van der Waals surface area contributed by atoms with Gasteiger partial charge in [0.05, 0.1) is 5.92 Å². The van der Waals surface area contributed by atoms with Crippen molar-refractivity contribution in [2.45, 2.75) is 39.5 Å². The molecule has 2 heteroatoms.